The molecular formula is C18H27FN2O. The molecular weight excluding hydrogens is 279 g/mol. The van der Waals surface area contributed by atoms with Gasteiger partial charge in [-0.2, -0.15) is 0 Å². The molecule has 0 unspecified atom stereocenters. The van der Waals surface area contributed by atoms with Gasteiger partial charge < -0.3 is 10.6 Å². The van der Waals surface area contributed by atoms with E-state index in [1.54, 1.807) is 12.1 Å². The standard InChI is InChI=1S/C18H27FN2O/c19-17-10-6-5-7-15(17)11-13-21-18(22)12-14-20-16-8-3-1-2-4-9-16/h5-7,10,16,20H,1-4,8-9,11-14H2,(H,21,22). The lowest BCUT2D eigenvalue weighted by Gasteiger charge is -2.15. The van der Waals surface area contributed by atoms with E-state index in [1.807, 2.05) is 6.07 Å². The van der Waals surface area contributed by atoms with Gasteiger partial charge in [0.2, 0.25) is 5.91 Å². The number of hydrogen-bond donors (Lipinski definition) is 2. The maximum Gasteiger partial charge on any atom is 0.221 e. The van der Waals surface area contributed by atoms with Gasteiger partial charge in [0.1, 0.15) is 5.82 Å². The third-order valence-corrected chi connectivity index (χ3v) is 4.31. The summed E-state index contributed by atoms with van der Waals surface area (Å²) in [5, 5.41) is 6.35. The SMILES string of the molecule is O=C(CCNC1CCCCCC1)NCCc1ccccc1F. The molecule has 3 nitrogen and oxygen atoms in total. The topological polar surface area (TPSA) is 41.1 Å². The third-order valence-electron chi connectivity index (χ3n) is 4.31. The zero-order valence-corrected chi connectivity index (χ0v) is 13.2. The summed E-state index contributed by atoms with van der Waals surface area (Å²) < 4.78 is 13.4. The first-order chi connectivity index (χ1) is 10.8. The van der Waals surface area contributed by atoms with E-state index >= 15 is 0 Å². The molecule has 22 heavy (non-hydrogen) atoms. The minimum Gasteiger partial charge on any atom is -0.356 e. The van der Waals surface area contributed by atoms with Gasteiger partial charge in [0.25, 0.3) is 0 Å². The molecule has 1 saturated carbocycles. The number of hydrogen-bond acceptors (Lipinski definition) is 2. The fourth-order valence-corrected chi connectivity index (χ4v) is 3.00. The van der Waals surface area contributed by atoms with E-state index in [9.17, 15) is 9.18 Å². The lowest BCUT2D eigenvalue weighted by molar-refractivity contribution is -0.120. The Morgan fingerprint density at radius 2 is 1.82 bits per heavy atom. The van der Waals surface area contributed by atoms with Gasteiger partial charge >= 0.3 is 0 Å². The van der Waals surface area contributed by atoms with Gasteiger partial charge in [0, 0.05) is 25.6 Å². The van der Waals surface area contributed by atoms with Crippen molar-refractivity contribution in [1.82, 2.24) is 10.6 Å². The number of carbonyl (C=O) groups is 1. The van der Waals surface area contributed by atoms with Crippen molar-refractivity contribution in [3.05, 3.63) is 35.6 Å². The van der Waals surface area contributed by atoms with Crippen LogP contribution >= 0.6 is 0 Å². The molecule has 0 bridgehead atoms. The maximum absolute atomic E-state index is 13.4. The molecule has 2 N–H and O–H groups in total. The summed E-state index contributed by atoms with van der Waals surface area (Å²) >= 11 is 0. The Labute approximate surface area is 132 Å². The number of nitrogens with one attached hydrogen (secondary N) is 2. The second-order valence-electron chi connectivity index (χ2n) is 6.08. The molecule has 1 aromatic carbocycles. The first-order valence-corrected chi connectivity index (χ1v) is 8.49. The highest BCUT2D eigenvalue weighted by atomic mass is 19.1. The highest BCUT2D eigenvalue weighted by Gasteiger charge is 2.11. The van der Waals surface area contributed by atoms with Crippen LogP contribution in [0.3, 0.4) is 0 Å². The van der Waals surface area contributed by atoms with E-state index in [2.05, 4.69) is 10.6 Å². The van der Waals surface area contributed by atoms with E-state index in [0.717, 1.165) is 6.54 Å². The zero-order valence-electron chi connectivity index (χ0n) is 13.2. The van der Waals surface area contributed by atoms with E-state index in [4.69, 9.17) is 0 Å². The Morgan fingerprint density at radius 3 is 2.55 bits per heavy atom. The monoisotopic (exact) mass is 306 g/mol. The number of rotatable bonds is 7. The fourth-order valence-electron chi connectivity index (χ4n) is 3.00. The molecule has 1 aliphatic carbocycles. The second-order valence-corrected chi connectivity index (χ2v) is 6.08. The summed E-state index contributed by atoms with van der Waals surface area (Å²) in [4.78, 5) is 11.8. The van der Waals surface area contributed by atoms with E-state index < -0.39 is 0 Å². The summed E-state index contributed by atoms with van der Waals surface area (Å²) in [5.74, 6) is -0.163. The van der Waals surface area contributed by atoms with Crippen molar-refractivity contribution < 1.29 is 9.18 Å². The van der Waals surface area contributed by atoms with Crippen molar-refractivity contribution in [2.45, 2.75) is 57.4 Å². The Hall–Kier alpha value is -1.42. The van der Waals surface area contributed by atoms with Gasteiger partial charge in [-0.1, -0.05) is 43.9 Å². The van der Waals surface area contributed by atoms with Crippen molar-refractivity contribution >= 4 is 5.91 Å². The Kier molecular flexibility index (Phi) is 7.37. The third kappa shape index (κ3) is 6.14. The zero-order chi connectivity index (χ0) is 15.6. The molecule has 0 saturated heterocycles. The molecule has 4 heteroatoms. The van der Waals surface area contributed by atoms with E-state index in [-0.39, 0.29) is 11.7 Å². The van der Waals surface area contributed by atoms with Gasteiger partial charge in [-0.05, 0) is 30.9 Å². The van der Waals surface area contributed by atoms with Crippen LogP contribution in [0, 0.1) is 5.82 Å². The second kappa shape index (κ2) is 9.57. The predicted molar refractivity (Wildman–Crippen MR) is 87.2 cm³/mol. The molecule has 0 aromatic heterocycles. The smallest absolute Gasteiger partial charge is 0.221 e. The van der Waals surface area contributed by atoms with Gasteiger partial charge in [0.05, 0.1) is 0 Å². The molecule has 1 fully saturated rings. The highest BCUT2D eigenvalue weighted by Crippen LogP contribution is 2.16. The summed E-state index contributed by atoms with van der Waals surface area (Å²) in [6.45, 7) is 1.22. The summed E-state index contributed by atoms with van der Waals surface area (Å²) in [6.07, 6.45) is 8.77. The van der Waals surface area contributed by atoms with Crippen molar-refractivity contribution in [3.63, 3.8) is 0 Å². The van der Waals surface area contributed by atoms with E-state index in [1.165, 1.54) is 44.6 Å². The van der Waals surface area contributed by atoms with Crippen molar-refractivity contribution in [2.75, 3.05) is 13.1 Å². The largest absolute Gasteiger partial charge is 0.356 e. The van der Waals surface area contributed by atoms with E-state index in [0.29, 0.717) is 31.0 Å². The van der Waals surface area contributed by atoms with Crippen LogP contribution in [0.5, 0.6) is 0 Å². The Morgan fingerprint density at radius 1 is 1.09 bits per heavy atom. The van der Waals surface area contributed by atoms with Crippen LogP contribution in [0.1, 0.15) is 50.5 Å². The quantitative estimate of drug-likeness (QED) is 0.760. The fraction of sp³-hybridized carbons (Fsp3) is 0.611. The Balaban J connectivity index is 1.57. The molecule has 0 spiro atoms. The first kappa shape index (κ1) is 16.9. The normalized spacial score (nSPS) is 16.2. The lowest BCUT2D eigenvalue weighted by atomic mass is 10.1. The molecule has 1 aliphatic rings. The average molecular weight is 306 g/mol. The van der Waals surface area contributed by atoms with Crippen LogP contribution in [-0.4, -0.2) is 25.0 Å². The van der Waals surface area contributed by atoms with Gasteiger partial charge in [-0.15, -0.1) is 0 Å². The molecule has 0 atom stereocenters. The van der Waals surface area contributed by atoms with Gasteiger partial charge in [-0.3, -0.25) is 4.79 Å². The van der Waals surface area contributed by atoms with Crippen LogP contribution in [0.2, 0.25) is 0 Å². The maximum atomic E-state index is 13.4. The van der Waals surface area contributed by atoms with Crippen LogP contribution in [0.15, 0.2) is 24.3 Å². The number of amides is 1. The lowest BCUT2D eigenvalue weighted by Crippen LogP contribution is -2.34. The summed E-state index contributed by atoms with van der Waals surface area (Å²) in [7, 11) is 0. The number of benzene rings is 1. The van der Waals surface area contributed by atoms with Crippen LogP contribution in [0.4, 0.5) is 4.39 Å². The minimum atomic E-state index is -0.202. The average Bonchev–Trinajstić information content (AvgIpc) is 2.78. The molecule has 0 heterocycles. The summed E-state index contributed by atoms with van der Waals surface area (Å²) in [5.41, 5.74) is 0.652. The van der Waals surface area contributed by atoms with Crippen molar-refractivity contribution in [2.24, 2.45) is 0 Å². The van der Waals surface area contributed by atoms with Crippen molar-refractivity contribution in [3.8, 4) is 0 Å². The van der Waals surface area contributed by atoms with Crippen LogP contribution in [-0.2, 0) is 11.2 Å². The van der Waals surface area contributed by atoms with Crippen LogP contribution < -0.4 is 10.6 Å². The van der Waals surface area contributed by atoms with Crippen LogP contribution in [0.25, 0.3) is 0 Å². The molecule has 1 amide bonds. The Bertz CT molecular complexity index is 456. The minimum absolute atomic E-state index is 0.0393. The molecule has 122 valence electrons. The predicted octanol–water partition coefficient (Wildman–Crippen LogP) is 3.19. The van der Waals surface area contributed by atoms with Crippen molar-refractivity contribution in [1.29, 1.82) is 0 Å². The number of carbonyl (C=O) groups excluding carboxylic acids is 1. The van der Waals surface area contributed by atoms with Gasteiger partial charge in [0.15, 0.2) is 0 Å². The summed E-state index contributed by atoms with van der Waals surface area (Å²) in [6, 6.07) is 7.28. The molecule has 0 radical (unpaired) electrons. The molecule has 1 aromatic rings. The van der Waals surface area contributed by atoms with Gasteiger partial charge in [-0.25, -0.2) is 4.39 Å². The highest BCUT2D eigenvalue weighted by molar-refractivity contribution is 5.76. The number of halogens is 1. The molecule has 0 aliphatic heterocycles. The first-order valence-electron chi connectivity index (χ1n) is 8.49. The molecule has 2 rings (SSSR count).